The summed E-state index contributed by atoms with van der Waals surface area (Å²) in [5.74, 6) is 1.44. The standard InChI is InChI=1S/C11H21N3O2S/c1-9-7-14(5-6-16-3)11(12-9)13-10(2)8-17(4)15/h7,10H,5-6,8H2,1-4H3,(H,12,13). The van der Waals surface area contributed by atoms with E-state index >= 15 is 0 Å². The molecule has 98 valence electrons. The number of anilines is 1. The quantitative estimate of drug-likeness (QED) is 0.794. The average Bonchev–Trinajstić information content (AvgIpc) is 2.54. The molecule has 2 unspecified atom stereocenters. The number of methoxy groups -OCH3 is 1. The molecule has 6 heteroatoms. The maximum absolute atomic E-state index is 11.1. The molecular formula is C11H21N3O2S. The number of aryl methyl sites for hydroxylation is 1. The maximum Gasteiger partial charge on any atom is 0.203 e. The summed E-state index contributed by atoms with van der Waals surface area (Å²) >= 11 is 0. The molecule has 0 amide bonds. The van der Waals surface area contributed by atoms with Gasteiger partial charge in [0.15, 0.2) is 0 Å². The highest BCUT2D eigenvalue weighted by Gasteiger charge is 2.10. The summed E-state index contributed by atoms with van der Waals surface area (Å²) in [6.07, 6.45) is 3.69. The summed E-state index contributed by atoms with van der Waals surface area (Å²) < 4.78 is 18.2. The van der Waals surface area contributed by atoms with Gasteiger partial charge in [-0.05, 0) is 13.8 Å². The minimum absolute atomic E-state index is 0.143. The third kappa shape index (κ3) is 4.87. The fourth-order valence-electron chi connectivity index (χ4n) is 1.64. The van der Waals surface area contributed by atoms with Crippen LogP contribution in [-0.2, 0) is 22.1 Å². The topological polar surface area (TPSA) is 56.1 Å². The number of ether oxygens (including phenoxy) is 1. The third-order valence-corrected chi connectivity index (χ3v) is 3.26. The smallest absolute Gasteiger partial charge is 0.203 e. The molecule has 0 bridgehead atoms. The Morgan fingerprint density at radius 3 is 2.94 bits per heavy atom. The lowest BCUT2D eigenvalue weighted by molar-refractivity contribution is 0.187. The highest BCUT2D eigenvalue weighted by molar-refractivity contribution is 7.84. The van der Waals surface area contributed by atoms with Gasteiger partial charge in [0.2, 0.25) is 5.95 Å². The van der Waals surface area contributed by atoms with Crippen molar-refractivity contribution in [3.8, 4) is 0 Å². The molecule has 0 aliphatic carbocycles. The zero-order chi connectivity index (χ0) is 12.8. The molecule has 1 N–H and O–H groups in total. The van der Waals surface area contributed by atoms with E-state index in [1.165, 1.54) is 0 Å². The van der Waals surface area contributed by atoms with Crippen LogP contribution in [0.15, 0.2) is 6.20 Å². The minimum atomic E-state index is -0.799. The van der Waals surface area contributed by atoms with Crippen LogP contribution in [0.5, 0.6) is 0 Å². The number of nitrogens with one attached hydrogen (secondary N) is 1. The van der Waals surface area contributed by atoms with Crippen molar-refractivity contribution in [2.24, 2.45) is 0 Å². The Morgan fingerprint density at radius 1 is 1.65 bits per heavy atom. The summed E-state index contributed by atoms with van der Waals surface area (Å²) in [6, 6.07) is 0.143. The average molecular weight is 259 g/mol. The van der Waals surface area contributed by atoms with Crippen LogP contribution in [0.3, 0.4) is 0 Å². The van der Waals surface area contributed by atoms with Crippen LogP contribution in [0.4, 0.5) is 5.95 Å². The van der Waals surface area contributed by atoms with Gasteiger partial charge in [-0.25, -0.2) is 4.98 Å². The Hall–Kier alpha value is -0.880. The Labute approximate surface area is 105 Å². The van der Waals surface area contributed by atoms with Crippen LogP contribution in [0.2, 0.25) is 0 Å². The van der Waals surface area contributed by atoms with Crippen LogP contribution in [-0.4, -0.2) is 45.5 Å². The lowest BCUT2D eigenvalue weighted by atomic mass is 10.4. The number of rotatable bonds is 7. The molecule has 0 aliphatic heterocycles. The van der Waals surface area contributed by atoms with E-state index in [0.29, 0.717) is 12.4 Å². The second-order valence-corrected chi connectivity index (χ2v) is 5.66. The Morgan fingerprint density at radius 2 is 2.35 bits per heavy atom. The molecule has 1 rings (SSSR count). The van der Waals surface area contributed by atoms with E-state index in [2.05, 4.69) is 10.3 Å². The highest BCUT2D eigenvalue weighted by atomic mass is 32.2. The van der Waals surface area contributed by atoms with Gasteiger partial charge in [-0.1, -0.05) is 0 Å². The summed E-state index contributed by atoms with van der Waals surface area (Å²) in [6.45, 7) is 5.38. The van der Waals surface area contributed by atoms with Crippen molar-refractivity contribution in [1.29, 1.82) is 0 Å². The van der Waals surface area contributed by atoms with Gasteiger partial charge >= 0.3 is 0 Å². The number of hydrogen-bond acceptors (Lipinski definition) is 4. The first-order valence-corrected chi connectivity index (χ1v) is 7.35. The van der Waals surface area contributed by atoms with Crippen LogP contribution in [0, 0.1) is 6.92 Å². The van der Waals surface area contributed by atoms with Gasteiger partial charge in [0.25, 0.3) is 0 Å². The normalized spacial score (nSPS) is 14.6. The zero-order valence-electron chi connectivity index (χ0n) is 10.9. The van der Waals surface area contributed by atoms with Gasteiger partial charge in [0.1, 0.15) is 0 Å². The largest absolute Gasteiger partial charge is 0.383 e. The predicted molar refractivity (Wildman–Crippen MR) is 70.9 cm³/mol. The van der Waals surface area contributed by atoms with Crippen molar-refractivity contribution in [2.75, 3.05) is 31.0 Å². The molecule has 0 saturated carbocycles. The van der Waals surface area contributed by atoms with Gasteiger partial charge in [0.05, 0.1) is 12.3 Å². The molecule has 0 aliphatic rings. The summed E-state index contributed by atoms with van der Waals surface area (Å²) in [4.78, 5) is 4.41. The molecule has 1 aromatic heterocycles. The van der Waals surface area contributed by atoms with E-state index in [0.717, 1.165) is 18.2 Å². The molecule has 0 spiro atoms. The van der Waals surface area contributed by atoms with E-state index < -0.39 is 10.8 Å². The van der Waals surface area contributed by atoms with E-state index in [1.807, 2.05) is 24.6 Å². The SMILES string of the molecule is COCCn1cc(C)nc1NC(C)CS(C)=O. The highest BCUT2D eigenvalue weighted by Crippen LogP contribution is 2.10. The van der Waals surface area contributed by atoms with Gasteiger partial charge < -0.3 is 14.6 Å². The van der Waals surface area contributed by atoms with Crippen LogP contribution >= 0.6 is 0 Å². The van der Waals surface area contributed by atoms with Gasteiger partial charge in [-0.15, -0.1) is 0 Å². The number of nitrogens with zero attached hydrogens (tertiary/aromatic N) is 2. The first-order valence-electron chi connectivity index (χ1n) is 5.62. The molecule has 1 heterocycles. The third-order valence-electron chi connectivity index (χ3n) is 2.29. The Bertz CT molecular complexity index is 379. The first-order chi connectivity index (χ1) is 8.02. The molecule has 2 atom stereocenters. The predicted octanol–water partition coefficient (Wildman–Crippen LogP) is 1.02. The van der Waals surface area contributed by atoms with E-state index in [1.54, 1.807) is 13.4 Å². The molecular weight excluding hydrogens is 238 g/mol. The van der Waals surface area contributed by atoms with Gasteiger partial charge in [-0.2, -0.15) is 0 Å². The van der Waals surface area contributed by atoms with E-state index in [4.69, 9.17) is 4.74 Å². The number of hydrogen-bond donors (Lipinski definition) is 1. The van der Waals surface area contributed by atoms with Crippen molar-refractivity contribution in [2.45, 2.75) is 26.4 Å². The van der Waals surface area contributed by atoms with E-state index in [-0.39, 0.29) is 6.04 Å². The second kappa shape index (κ2) is 6.76. The van der Waals surface area contributed by atoms with E-state index in [9.17, 15) is 4.21 Å². The van der Waals surface area contributed by atoms with Crippen LogP contribution < -0.4 is 5.32 Å². The number of imidazole rings is 1. The lowest BCUT2D eigenvalue weighted by Gasteiger charge is -2.14. The summed E-state index contributed by atoms with van der Waals surface area (Å²) in [7, 11) is 0.882. The van der Waals surface area contributed by atoms with Crippen molar-refractivity contribution >= 4 is 16.7 Å². The first kappa shape index (κ1) is 14.2. The minimum Gasteiger partial charge on any atom is -0.383 e. The fourth-order valence-corrected chi connectivity index (χ4v) is 2.42. The zero-order valence-corrected chi connectivity index (χ0v) is 11.7. The molecule has 17 heavy (non-hydrogen) atoms. The molecule has 5 nitrogen and oxygen atoms in total. The molecule has 0 radical (unpaired) electrons. The second-order valence-electron chi connectivity index (χ2n) is 4.18. The Kier molecular flexibility index (Phi) is 5.64. The molecule has 1 aromatic rings. The monoisotopic (exact) mass is 259 g/mol. The van der Waals surface area contributed by atoms with Gasteiger partial charge in [0, 0.05) is 48.7 Å². The Balaban J connectivity index is 2.65. The summed E-state index contributed by atoms with van der Waals surface area (Å²) in [5.41, 5.74) is 0.966. The molecule has 0 aromatic carbocycles. The van der Waals surface area contributed by atoms with Crippen molar-refractivity contribution in [3.63, 3.8) is 0 Å². The van der Waals surface area contributed by atoms with Crippen LogP contribution in [0.25, 0.3) is 0 Å². The lowest BCUT2D eigenvalue weighted by Crippen LogP contribution is -2.24. The molecule has 0 fully saturated rings. The van der Waals surface area contributed by atoms with Crippen molar-refractivity contribution in [1.82, 2.24) is 9.55 Å². The van der Waals surface area contributed by atoms with Gasteiger partial charge in [-0.3, -0.25) is 4.21 Å². The molecule has 0 saturated heterocycles. The van der Waals surface area contributed by atoms with Crippen molar-refractivity contribution < 1.29 is 8.95 Å². The maximum atomic E-state index is 11.1. The van der Waals surface area contributed by atoms with Crippen LogP contribution in [0.1, 0.15) is 12.6 Å². The fraction of sp³-hybridized carbons (Fsp3) is 0.727. The number of aromatic nitrogens is 2. The van der Waals surface area contributed by atoms with Crippen molar-refractivity contribution in [3.05, 3.63) is 11.9 Å². The summed E-state index contributed by atoms with van der Waals surface area (Å²) in [5, 5.41) is 3.27.